The molecule has 23 heavy (non-hydrogen) atoms. The maximum Gasteiger partial charge on any atom is 0.488 e. The molecule has 3 aromatic carbocycles. The van der Waals surface area contributed by atoms with E-state index >= 15 is 0 Å². The van der Waals surface area contributed by atoms with E-state index in [2.05, 4.69) is 24.3 Å². The van der Waals surface area contributed by atoms with E-state index in [1.807, 2.05) is 54.6 Å². The fraction of sp³-hybridized carbons (Fsp3) is 0. The Morgan fingerprint density at radius 1 is 0.652 bits per heavy atom. The smallest absolute Gasteiger partial charge is 0.423 e. The Kier molecular flexibility index (Phi) is 4.79. The topological polar surface area (TPSA) is 40.5 Å². The Morgan fingerprint density at radius 3 is 1.61 bits per heavy atom. The van der Waals surface area contributed by atoms with E-state index in [1.165, 1.54) is 0 Å². The Balaban J connectivity index is 2.26. The first-order valence-corrected chi connectivity index (χ1v) is 10.1. The van der Waals surface area contributed by atoms with Crippen LogP contribution in [-0.2, 0) is 11.8 Å². The summed E-state index contributed by atoms with van der Waals surface area (Å²) in [6.45, 7) is 0. The van der Waals surface area contributed by atoms with Gasteiger partial charge in [-0.05, 0) is 21.4 Å². The van der Waals surface area contributed by atoms with Crippen LogP contribution in [0.5, 0.6) is 0 Å². The van der Waals surface area contributed by atoms with Crippen LogP contribution in [0.1, 0.15) is 0 Å². The molecule has 2 nitrogen and oxygen atoms in total. The molecule has 0 unspecified atom stereocenters. The first-order chi connectivity index (χ1) is 11.1. The van der Waals surface area contributed by atoms with Gasteiger partial charge in [-0.1, -0.05) is 96.7 Å². The van der Waals surface area contributed by atoms with Gasteiger partial charge < -0.3 is 10.0 Å². The minimum Gasteiger partial charge on any atom is -0.423 e. The molecule has 0 saturated carbocycles. The summed E-state index contributed by atoms with van der Waals surface area (Å²) >= 11 is 6.20. The second-order valence-electron chi connectivity index (χ2n) is 5.25. The Morgan fingerprint density at radius 2 is 1.13 bits per heavy atom. The summed E-state index contributed by atoms with van der Waals surface area (Å²) in [6.07, 6.45) is 0. The predicted molar refractivity (Wildman–Crippen MR) is 102 cm³/mol. The molecule has 0 fully saturated rings. The molecule has 0 radical (unpaired) electrons. The highest BCUT2D eigenvalue weighted by atomic mass is 32.4. The Labute approximate surface area is 141 Å². The monoisotopic (exact) mass is 338 g/mol. The lowest BCUT2D eigenvalue weighted by Crippen LogP contribution is -2.34. The van der Waals surface area contributed by atoms with Gasteiger partial charge in [0.25, 0.3) is 0 Å². The van der Waals surface area contributed by atoms with Crippen LogP contribution >= 0.6 is 6.04 Å². The molecule has 114 valence electrons. The van der Waals surface area contributed by atoms with E-state index in [1.54, 1.807) is 6.07 Å². The molecule has 0 aliphatic heterocycles. The zero-order valence-corrected chi connectivity index (χ0v) is 14.1. The van der Waals surface area contributed by atoms with Crippen LogP contribution in [0.15, 0.2) is 84.9 Å². The molecule has 0 aliphatic rings. The lowest BCUT2D eigenvalue weighted by atomic mass is 9.80. The van der Waals surface area contributed by atoms with Crippen molar-refractivity contribution in [2.24, 2.45) is 0 Å². The summed E-state index contributed by atoms with van der Waals surface area (Å²) in [5, 5.41) is 22.1. The van der Waals surface area contributed by atoms with Crippen molar-refractivity contribution in [1.82, 2.24) is 0 Å². The van der Waals surface area contributed by atoms with Crippen LogP contribution in [0.25, 0.3) is 0 Å². The minimum absolute atomic E-state index is 0.462. The van der Waals surface area contributed by atoms with Gasteiger partial charge in [-0.2, -0.15) is 0 Å². The molecular weight excluding hydrogens is 322 g/mol. The van der Waals surface area contributed by atoms with Crippen molar-refractivity contribution in [3.63, 3.8) is 0 Å². The van der Waals surface area contributed by atoms with Gasteiger partial charge in [0.15, 0.2) is 0 Å². The number of hydrogen-bond acceptors (Lipinski definition) is 3. The number of hydrogen-bond donors (Lipinski definition) is 2. The SMILES string of the molecule is OB(O)c1cccc(P(=S)(c2ccccc2)c2ccccc2)c1. The van der Waals surface area contributed by atoms with Gasteiger partial charge in [0.2, 0.25) is 0 Å². The molecule has 0 atom stereocenters. The highest BCUT2D eigenvalue weighted by Gasteiger charge is 2.25. The van der Waals surface area contributed by atoms with Crippen LogP contribution in [0.4, 0.5) is 0 Å². The van der Waals surface area contributed by atoms with Crippen LogP contribution < -0.4 is 21.4 Å². The van der Waals surface area contributed by atoms with Crippen molar-refractivity contribution >= 4 is 46.3 Å². The number of benzene rings is 3. The van der Waals surface area contributed by atoms with Crippen molar-refractivity contribution in [3.8, 4) is 0 Å². The van der Waals surface area contributed by atoms with Gasteiger partial charge in [0.1, 0.15) is 0 Å². The van der Waals surface area contributed by atoms with Crippen molar-refractivity contribution in [2.75, 3.05) is 0 Å². The van der Waals surface area contributed by atoms with Crippen LogP contribution in [0.2, 0.25) is 0 Å². The van der Waals surface area contributed by atoms with Crippen molar-refractivity contribution < 1.29 is 10.0 Å². The zero-order chi connectivity index (χ0) is 16.3. The van der Waals surface area contributed by atoms with E-state index in [4.69, 9.17) is 11.8 Å². The molecule has 0 aliphatic carbocycles. The van der Waals surface area contributed by atoms with Gasteiger partial charge in [0, 0.05) is 6.04 Å². The van der Waals surface area contributed by atoms with E-state index in [9.17, 15) is 10.0 Å². The second kappa shape index (κ2) is 6.82. The average molecular weight is 338 g/mol. The number of rotatable bonds is 4. The van der Waals surface area contributed by atoms with Gasteiger partial charge >= 0.3 is 7.12 Å². The maximum absolute atomic E-state index is 9.49. The summed E-state index contributed by atoms with van der Waals surface area (Å²) in [5.41, 5.74) is 0.462. The molecule has 5 heteroatoms. The Bertz CT molecular complexity index is 794. The third-order valence-corrected chi connectivity index (χ3v) is 8.73. The summed E-state index contributed by atoms with van der Waals surface area (Å²) in [5.74, 6) is 0. The summed E-state index contributed by atoms with van der Waals surface area (Å²) < 4.78 is 0. The van der Waals surface area contributed by atoms with Crippen molar-refractivity contribution in [3.05, 3.63) is 84.9 Å². The highest BCUT2D eigenvalue weighted by molar-refractivity contribution is 8.25. The normalized spacial score (nSPS) is 11.2. The van der Waals surface area contributed by atoms with E-state index in [0.29, 0.717) is 5.46 Å². The van der Waals surface area contributed by atoms with E-state index < -0.39 is 13.2 Å². The van der Waals surface area contributed by atoms with Crippen LogP contribution in [-0.4, -0.2) is 17.2 Å². The van der Waals surface area contributed by atoms with Crippen molar-refractivity contribution in [2.45, 2.75) is 0 Å². The average Bonchev–Trinajstić information content (AvgIpc) is 2.62. The third-order valence-electron chi connectivity index (χ3n) is 3.77. The molecule has 0 spiro atoms. The molecule has 0 amide bonds. The molecule has 0 bridgehead atoms. The standard InChI is InChI=1S/C18H16BO2PS/c20-19(21)15-8-7-13-18(14-15)22(23,16-9-3-1-4-10-16)17-11-5-2-6-12-17/h1-14,20-21H. The second-order valence-corrected chi connectivity index (χ2v) is 9.66. The van der Waals surface area contributed by atoms with Crippen LogP contribution in [0, 0.1) is 0 Å². The predicted octanol–water partition coefficient (Wildman–Crippen LogP) is 1.12. The zero-order valence-electron chi connectivity index (χ0n) is 12.4. The van der Waals surface area contributed by atoms with Crippen molar-refractivity contribution in [1.29, 1.82) is 0 Å². The fourth-order valence-corrected chi connectivity index (χ4v) is 6.38. The minimum atomic E-state index is -2.23. The molecular formula is C18H16BO2PS. The molecule has 2 N–H and O–H groups in total. The fourth-order valence-electron chi connectivity index (χ4n) is 2.60. The molecule has 0 saturated heterocycles. The van der Waals surface area contributed by atoms with Gasteiger partial charge in [0.05, 0.1) is 0 Å². The molecule has 3 aromatic rings. The summed E-state index contributed by atoms with van der Waals surface area (Å²) in [6, 6.07) is 25.2. The maximum atomic E-state index is 9.49. The largest absolute Gasteiger partial charge is 0.488 e. The van der Waals surface area contributed by atoms with E-state index in [0.717, 1.165) is 15.9 Å². The first-order valence-electron chi connectivity index (χ1n) is 7.30. The van der Waals surface area contributed by atoms with Gasteiger partial charge in [-0.25, -0.2) is 0 Å². The van der Waals surface area contributed by atoms with Gasteiger partial charge in [-0.15, -0.1) is 0 Å². The van der Waals surface area contributed by atoms with E-state index in [-0.39, 0.29) is 0 Å². The Hall–Kier alpha value is -1.71. The third kappa shape index (κ3) is 3.17. The molecule has 3 rings (SSSR count). The van der Waals surface area contributed by atoms with Gasteiger partial charge in [-0.3, -0.25) is 0 Å². The lowest BCUT2D eigenvalue weighted by molar-refractivity contribution is 0.426. The highest BCUT2D eigenvalue weighted by Crippen LogP contribution is 2.42. The summed E-state index contributed by atoms with van der Waals surface area (Å²) in [4.78, 5) is 0. The summed E-state index contributed by atoms with van der Waals surface area (Å²) in [7, 11) is -1.50. The lowest BCUT2D eigenvalue weighted by Gasteiger charge is -2.24. The quantitative estimate of drug-likeness (QED) is 0.553. The molecule has 0 heterocycles. The van der Waals surface area contributed by atoms with Crippen LogP contribution in [0.3, 0.4) is 0 Å². The molecule has 0 aromatic heterocycles. The first kappa shape index (κ1) is 16.2.